The SMILES string of the molecule is COCCNC(=O)c1ccc2c(c1)nc(C)n2-c1cc(Cl)ccc1OC. The molecule has 136 valence electrons. The van der Waals surface area contributed by atoms with Crippen LogP contribution in [0.3, 0.4) is 0 Å². The van der Waals surface area contributed by atoms with Gasteiger partial charge in [0.15, 0.2) is 0 Å². The smallest absolute Gasteiger partial charge is 0.251 e. The van der Waals surface area contributed by atoms with E-state index in [4.69, 9.17) is 21.1 Å². The molecule has 0 fully saturated rings. The molecule has 1 N–H and O–H groups in total. The third kappa shape index (κ3) is 3.52. The summed E-state index contributed by atoms with van der Waals surface area (Å²) in [6.45, 7) is 2.83. The Morgan fingerprint density at radius 3 is 2.77 bits per heavy atom. The Hall–Kier alpha value is -2.57. The van der Waals surface area contributed by atoms with Crippen LogP contribution in [0, 0.1) is 6.92 Å². The van der Waals surface area contributed by atoms with E-state index in [1.165, 1.54) is 0 Å². The van der Waals surface area contributed by atoms with Gasteiger partial charge in [-0.15, -0.1) is 0 Å². The van der Waals surface area contributed by atoms with Crippen molar-refractivity contribution in [3.8, 4) is 11.4 Å². The van der Waals surface area contributed by atoms with E-state index < -0.39 is 0 Å². The molecule has 0 unspecified atom stereocenters. The molecule has 1 heterocycles. The number of imidazole rings is 1. The topological polar surface area (TPSA) is 65.4 Å². The van der Waals surface area contributed by atoms with Crippen molar-refractivity contribution >= 4 is 28.5 Å². The number of carbonyl (C=O) groups is 1. The number of methoxy groups -OCH3 is 2. The summed E-state index contributed by atoms with van der Waals surface area (Å²) in [4.78, 5) is 16.8. The summed E-state index contributed by atoms with van der Waals surface area (Å²) in [7, 11) is 3.21. The molecule has 0 saturated carbocycles. The minimum absolute atomic E-state index is 0.156. The summed E-state index contributed by atoms with van der Waals surface area (Å²) in [5, 5.41) is 3.42. The van der Waals surface area contributed by atoms with Crippen molar-refractivity contribution in [3.05, 3.63) is 52.8 Å². The van der Waals surface area contributed by atoms with Gasteiger partial charge in [0.05, 0.1) is 30.4 Å². The molecule has 0 saturated heterocycles. The number of aryl methyl sites for hydroxylation is 1. The molecular weight excluding hydrogens is 354 g/mol. The Bertz CT molecular complexity index is 953. The normalized spacial score (nSPS) is 10.9. The summed E-state index contributed by atoms with van der Waals surface area (Å²) < 4.78 is 12.4. The van der Waals surface area contributed by atoms with Gasteiger partial charge in [-0.05, 0) is 43.3 Å². The minimum Gasteiger partial charge on any atom is -0.495 e. The largest absolute Gasteiger partial charge is 0.495 e. The molecule has 0 aliphatic heterocycles. The van der Waals surface area contributed by atoms with Crippen LogP contribution in [0.25, 0.3) is 16.7 Å². The molecule has 1 amide bonds. The third-order valence-electron chi connectivity index (χ3n) is 4.06. The summed E-state index contributed by atoms with van der Waals surface area (Å²) in [6, 6.07) is 10.9. The monoisotopic (exact) mass is 373 g/mol. The second-order valence-electron chi connectivity index (χ2n) is 5.76. The fraction of sp³-hybridized carbons (Fsp3) is 0.263. The van der Waals surface area contributed by atoms with Gasteiger partial charge in [-0.1, -0.05) is 11.6 Å². The molecule has 7 heteroatoms. The van der Waals surface area contributed by atoms with Gasteiger partial charge in [0.2, 0.25) is 0 Å². The van der Waals surface area contributed by atoms with Crippen molar-refractivity contribution in [2.24, 2.45) is 0 Å². The number of fused-ring (bicyclic) bond motifs is 1. The Kier molecular flexibility index (Phi) is 5.44. The molecule has 0 spiro atoms. The average Bonchev–Trinajstić information content (AvgIpc) is 2.96. The van der Waals surface area contributed by atoms with Gasteiger partial charge < -0.3 is 14.8 Å². The summed E-state index contributed by atoms with van der Waals surface area (Å²) >= 11 is 6.17. The first kappa shape index (κ1) is 18.2. The van der Waals surface area contributed by atoms with Crippen molar-refractivity contribution in [1.29, 1.82) is 0 Å². The maximum absolute atomic E-state index is 12.2. The van der Waals surface area contributed by atoms with E-state index in [9.17, 15) is 4.79 Å². The number of aromatic nitrogens is 2. The lowest BCUT2D eigenvalue weighted by molar-refractivity contribution is 0.0937. The van der Waals surface area contributed by atoms with Crippen LogP contribution in [0.1, 0.15) is 16.2 Å². The Labute approximate surface area is 156 Å². The molecule has 2 aromatic carbocycles. The average molecular weight is 374 g/mol. The van der Waals surface area contributed by atoms with Crippen LogP contribution in [-0.4, -0.2) is 42.8 Å². The van der Waals surface area contributed by atoms with E-state index in [0.29, 0.717) is 29.5 Å². The number of halogens is 1. The van der Waals surface area contributed by atoms with Gasteiger partial charge in [-0.3, -0.25) is 9.36 Å². The summed E-state index contributed by atoms with van der Waals surface area (Å²) in [6.07, 6.45) is 0. The summed E-state index contributed by atoms with van der Waals surface area (Å²) in [5.41, 5.74) is 2.95. The maximum Gasteiger partial charge on any atom is 0.251 e. The molecule has 0 bridgehead atoms. The highest BCUT2D eigenvalue weighted by Gasteiger charge is 2.15. The van der Waals surface area contributed by atoms with E-state index in [2.05, 4.69) is 10.3 Å². The van der Waals surface area contributed by atoms with Crippen molar-refractivity contribution in [1.82, 2.24) is 14.9 Å². The predicted molar refractivity (Wildman–Crippen MR) is 102 cm³/mol. The highest BCUT2D eigenvalue weighted by molar-refractivity contribution is 6.30. The first-order chi connectivity index (χ1) is 12.5. The lowest BCUT2D eigenvalue weighted by Crippen LogP contribution is -2.26. The van der Waals surface area contributed by atoms with Crippen LogP contribution in [0.15, 0.2) is 36.4 Å². The number of ether oxygens (including phenoxy) is 2. The molecule has 3 rings (SSSR count). The molecule has 3 aromatic rings. The van der Waals surface area contributed by atoms with Crippen molar-refractivity contribution in [2.45, 2.75) is 6.92 Å². The number of benzene rings is 2. The third-order valence-corrected chi connectivity index (χ3v) is 4.29. The van der Waals surface area contributed by atoms with E-state index in [1.54, 1.807) is 32.4 Å². The van der Waals surface area contributed by atoms with Gasteiger partial charge in [0.25, 0.3) is 5.91 Å². The fourth-order valence-electron chi connectivity index (χ4n) is 2.85. The first-order valence-corrected chi connectivity index (χ1v) is 8.53. The number of nitrogens with zero attached hydrogens (tertiary/aromatic N) is 2. The quantitative estimate of drug-likeness (QED) is 0.673. The Morgan fingerprint density at radius 1 is 1.23 bits per heavy atom. The van der Waals surface area contributed by atoms with Crippen LogP contribution >= 0.6 is 11.6 Å². The lowest BCUT2D eigenvalue weighted by Gasteiger charge is -2.12. The number of carbonyl (C=O) groups excluding carboxylic acids is 1. The van der Waals surface area contributed by atoms with Gasteiger partial charge in [-0.25, -0.2) is 4.98 Å². The molecule has 0 atom stereocenters. The zero-order valence-corrected chi connectivity index (χ0v) is 15.6. The molecule has 0 aliphatic rings. The van der Waals surface area contributed by atoms with E-state index in [1.807, 2.05) is 29.7 Å². The fourth-order valence-corrected chi connectivity index (χ4v) is 3.02. The number of amides is 1. The molecule has 0 aliphatic carbocycles. The highest BCUT2D eigenvalue weighted by atomic mass is 35.5. The maximum atomic E-state index is 12.2. The second-order valence-corrected chi connectivity index (χ2v) is 6.20. The Morgan fingerprint density at radius 2 is 2.04 bits per heavy atom. The zero-order chi connectivity index (χ0) is 18.7. The molecule has 0 radical (unpaired) electrons. The van der Waals surface area contributed by atoms with E-state index in [0.717, 1.165) is 22.5 Å². The second kappa shape index (κ2) is 7.76. The highest BCUT2D eigenvalue weighted by Crippen LogP contribution is 2.31. The van der Waals surface area contributed by atoms with Crippen LogP contribution in [0.5, 0.6) is 5.75 Å². The molecular formula is C19H20ClN3O3. The Balaban J connectivity index is 2.03. The molecule has 6 nitrogen and oxygen atoms in total. The van der Waals surface area contributed by atoms with Crippen LogP contribution in [0.2, 0.25) is 5.02 Å². The first-order valence-electron chi connectivity index (χ1n) is 8.15. The van der Waals surface area contributed by atoms with Crippen LogP contribution in [0.4, 0.5) is 0 Å². The number of rotatable bonds is 6. The van der Waals surface area contributed by atoms with Crippen LogP contribution in [-0.2, 0) is 4.74 Å². The standard InChI is InChI=1S/C19H20ClN3O3/c1-12-22-15-10-13(19(24)21-8-9-25-2)4-6-16(15)23(12)17-11-14(20)5-7-18(17)26-3/h4-7,10-11H,8-9H2,1-3H3,(H,21,24). The summed E-state index contributed by atoms with van der Waals surface area (Å²) in [5.74, 6) is 1.31. The van der Waals surface area contributed by atoms with Crippen molar-refractivity contribution in [2.75, 3.05) is 27.4 Å². The van der Waals surface area contributed by atoms with Gasteiger partial charge in [0.1, 0.15) is 11.6 Å². The van der Waals surface area contributed by atoms with E-state index >= 15 is 0 Å². The number of hydrogen-bond donors (Lipinski definition) is 1. The predicted octanol–water partition coefficient (Wildman–Crippen LogP) is 3.37. The van der Waals surface area contributed by atoms with Crippen molar-refractivity contribution in [3.63, 3.8) is 0 Å². The molecule has 1 aromatic heterocycles. The lowest BCUT2D eigenvalue weighted by atomic mass is 10.2. The van der Waals surface area contributed by atoms with Crippen LogP contribution < -0.4 is 10.1 Å². The van der Waals surface area contributed by atoms with Gasteiger partial charge in [-0.2, -0.15) is 0 Å². The zero-order valence-electron chi connectivity index (χ0n) is 14.9. The number of nitrogens with one attached hydrogen (secondary N) is 1. The van der Waals surface area contributed by atoms with E-state index in [-0.39, 0.29) is 5.91 Å². The van der Waals surface area contributed by atoms with Crippen molar-refractivity contribution < 1.29 is 14.3 Å². The molecule has 26 heavy (non-hydrogen) atoms. The van der Waals surface area contributed by atoms with Gasteiger partial charge >= 0.3 is 0 Å². The van der Waals surface area contributed by atoms with Gasteiger partial charge in [0, 0.05) is 24.2 Å². The number of hydrogen-bond acceptors (Lipinski definition) is 4. The minimum atomic E-state index is -0.156.